The standard InChI is InChI=1S/C45H52N8O11/c1-3-4-16-32(50-41(58)33(18-9-10-21-38(55)64-2)49-40(57)29-14-5-6-15-30(29)45(62)63)42(59)51-34-19-11-22-52(43(34)60)26-37(54)48-35(44(61)53-23-12-20-36(53)39(46)56)24-27-25-47-31-17-8-7-13-28(27)31/h5-8,10-11,13-15,17,19,21-22,25,32-33,35-36,47H,3-4,9,12,16,18,20,23-24,26H2,1-2H3,(H2,46,56)(H,48,54)(H,49,57)(H,50,58)(H,51,59)(H,62,63)/b21-10+/t32-,33-,35-,36-/m0/s1. The van der Waals surface area contributed by atoms with Gasteiger partial charge in [-0.3, -0.25) is 33.6 Å². The van der Waals surface area contributed by atoms with E-state index in [1.54, 1.807) is 6.20 Å². The number of carbonyl (C=O) groups is 8. The van der Waals surface area contributed by atoms with Crippen LogP contribution in [-0.4, -0.2) is 105 Å². The summed E-state index contributed by atoms with van der Waals surface area (Å²) in [5.74, 6) is -6.28. The molecule has 19 nitrogen and oxygen atoms in total. The van der Waals surface area contributed by atoms with E-state index in [0.29, 0.717) is 25.7 Å². The summed E-state index contributed by atoms with van der Waals surface area (Å²) in [5, 5.41) is 21.0. The molecule has 8 N–H and O–H groups in total. The summed E-state index contributed by atoms with van der Waals surface area (Å²) in [7, 11) is 1.19. The molecule has 64 heavy (non-hydrogen) atoms. The first-order valence-electron chi connectivity index (χ1n) is 20.8. The number of anilines is 1. The average Bonchev–Trinajstić information content (AvgIpc) is 3.95. The fourth-order valence-corrected chi connectivity index (χ4v) is 7.45. The zero-order chi connectivity index (χ0) is 46.3. The number of nitrogens with zero attached hydrogens (tertiary/aromatic N) is 2. The molecule has 6 amide bonds. The number of aromatic carboxylic acids is 1. The maximum atomic E-state index is 14.0. The van der Waals surface area contributed by atoms with Crippen molar-refractivity contribution >= 4 is 64.0 Å². The number of hydrogen-bond acceptors (Lipinski definition) is 10. The topological polar surface area (TPSA) is 281 Å². The second kappa shape index (κ2) is 22.5. The number of para-hydroxylation sites is 1. The predicted octanol–water partition coefficient (Wildman–Crippen LogP) is 2.15. The number of esters is 1. The molecule has 4 aromatic rings. The molecular weight excluding hydrogens is 829 g/mol. The van der Waals surface area contributed by atoms with Crippen LogP contribution < -0.4 is 32.6 Å². The quantitative estimate of drug-likeness (QED) is 0.0470. The van der Waals surface area contributed by atoms with Crippen LogP contribution in [0.3, 0.4) is 0 Å². The summed E-state index contributed by atoms with van der Waals surface area (Å²) >= 11 is 0. The zero-order valence-corrected chi connectivity index (χ0v) is 35.5. The van der Waals surface area contributed by atoms with Gasteiger partial charge < -0.3 is 51.3 Å². The number of aromatic amines is 1. The van der Waals surface area contributed by atoms with Crippen LogP contribution in [0.15, 0.2) is 90.0 Å². The highest BCUT2D eigenvalue weighted by molar-refractivity contribution is 6.06. The minimum absolute atomic E-state index is 0.0636. The molecule has 1 aliphatic heterocycles. The first-order valence-corrected chi connectivity index (χ1v) is 20.8. The molecule has 4 atom stereocenters. The summed E-state index contributed by atoms with van der Waals surface area (Å²) in [5.41, 5.74) is 5.69. The first-order chi connectivity index (χ1) is 30.7. The number of fused-ring (bicyclic) bond motifs is 1. The largest absolute Gasteiger partial charge is 0.478 e. The van der Waals surface area contributed by atoms with Gasteiger partial charge in [0.1, 0.15) is 36.4 Å². The Morgan fingerprint density at radius 2 is 1.62 bits per heavy atom. The lowest BCUT2D eigenvalue weighted by molar-refractivity contribution is -0.140. The van der Waals surface area contributed by atoms with Crippen molar-refractivity contribution in [1.29, 1.82) is 0 Å². The normalized spacial score (nSPS) is 14.9. The molecule has 2 aromatic heterocycles. The lowest BCUT2D eigenvalue weighted by atomic mass is 10.0. The zero-order valence-electron chi connectivity index (χ0n) is 35.5. The van der Waals surface area contributed by atoms with Crippen molar-refractivity contribution in [1.82, 2.24) is 30.4 Å². The molecule has 0 saturated carbocycles. The third-order valence-electron chi connectivity index (χ3n) is 10.8. The lowest BCUT2D eigenvalue weighted by Crippen LogP contribution is -2.54. The number of unbranched alkanes of at least 4 members (excludes halogenated alkanes) is 1. The van der Waals surface area contributed by atoms with Gasteiger partial charge in [-0.1, -0.05) is 56.2 Å². The number of carbonyl (C=O) groups excluding carboxylic acids is 7. The number of allylic oxidation sites excluding steroid dienone is 1. The highest BCUT2D eigenvalue weighted by atomic mass is 16.5. The van der Waals surface area contributed by atoms with Crippen molar-refractivity contribution in [2.45, 2.75) is 89.0 Å². The van der Waals surface area contributed by atoms with Crippen LogP contribution in [0.2, 0.25) is 0 Å². The Hall–Kier alpha value is -7.57. The highest BCUT2D eigenvalue weighted by Crippen LogP contribution is 2.23. The third-order valence-corrected chi connectivity index (χ3v) is 10.8. The molecule has 1 fully saturated rings. The van der Waals surface area contributed by atoms with Crippen molar-refractivity contribution in [2.24, 2.45) is 5.73 Å². The Kier molecular flexibility index (Phi) is 16.7. The molecule has 338 valence electrons. The molecule has 1 saturated heterocycles. The number of rotatable bonds is 21. The van der Waals surface area contributed by atoms with Gasteiger partial charge in [-0.2, -0.15) is 0 Å². The molecule has 0 aliphatic carbocycles. The number of likely N-dealkylation sites (tertiary alicyclic amines) is 1. The lowest BCUT2D eigenvalue weighted by Gasteiger charge is -2.28. The van der Waals surface area contributed by atoms with E-state index in [-0.39, 0.29) is 49.0 Å². The third kappa shape index (κ3) is 12.3. The molecule has 0 bridgehead atoms. The van der Waals surface area contributed by atoms with Crippen molar-refractivity contribution in [3.8, 4) is 0 Å². The molecule has 0 spiro atoms. The van der Waals surface area contributed by atoms with Crippen molar-refractivity contribution in [3.63, 3.8) is 0 Å². The molecule has 2 aromatic carbocycles. The van der Waals surface area contributed by atoms with E-state index in [9.17, 15) is 48.3 Å². The molecule has 0 radical (unpaired) electrons. The Bertz CT molecular complexity index is 2480. The smallest absolute Gasteiger partial charge is 0.336 e. The molecule has 0 unspecified atom stereocenters. The number of pyridine rings is 1. The Balaban J connectivity index is 1.32. The number of hydrogen-bond donors (Lipinski definition) is 7. The second-order valence-corrected chi connectivity index (χ2v) is 15.2. The van der Waals surface area contributed by atoms with E-state index in [4.69, 9.17) is 5.73 Å². The van der Waals surface area contributed by atoms with Gasteiger partial charge in [-0.15, -0.1) is 0 Å². The fourth-order valence-electron chi connectivity index (χ4n) is 7.45. The van der Waals surface area contributed by atoms with Gasteiger partial charge in [-0.05, 0) is 68.0 Å². The van der Waals surface area contributed by atoms with Crippen LogP contribution in [0.25, 0.3) is 10.9 Å². The number of nitrogens with one attached hydrogen (secondary N) is 5. The maximum Gasteiger partial charge on any atom is 0.336 e. The fraction of sp³-hybridized carbons (Fsp3) is 0.356. The monoisotopic (exact) mass is 880 g/mol. The van der Waals surface area contributed by atoms with Gasteiger partial charge in [0.25, 0.3) is 11.5 Å². The van der Waals surface area contributed by atoms with Crippen LogP contribution in [0.5, 0.6) is 0 Å². The minimum atomic E-state index is -1.36. The van der Waals surface area contributed by atoms with Gasteiger partial charge in [0, 0.05) is 42.3 Å². The van der Waals surface area contributed by atoms with E-state index in [1.807, 2.05) is 31.2 Å². The van der Waals surface area contributed by atoms with E-state index in [2.05, 4.69) is 31.0 Å². The first kappa shape index (κ1) is 47.5. The van der Waals surface area contributed by atoms with E-state index < -0.39 is 83.7 Å². The molecule has 19 heteroatoms. The number of H-pyrrole nitrogens is 1. The number of methoxy groups -OCH3 is 1. The van der Waals surface area contributed by atoms with E-state index in [0.717, 1.165) is 27.1 Å². The second-order valence-electron chi connectivity index (χ2n) is 15.2. The summed E-state index contributed by atoms with van der Waals surface area (Å²) in [6.07, 6.45) is 7.92. The summed E-state index contributed by atoms with van der Waals surface area (Å²) < 4.78 is 5.64. The number of carboxylic acids is 1. The van der Waals surface area contributed by atoms with Gasteiger partial charge >= 0.3 is 11.9 Å². The van der Waals surface area contributed by atoms with Crippen molar-refractivity contribution in [3.05, 3.63) is 112 Å². The number of carboxylic acid groups (broad SMARTS) is 1. The number of ether oxygens (including phenoxy) is 1. The van der Waals surface area contributed by atoms with Gasteiger partial charge in [-0.25, -0.2) is 9.59 Å². The highest BCUT2D eigenvalue weighted by Gasteiger charge is 2.37. The number of amides is 6. The van der Waals surface area contributed by atoms with Gasteiger partial charge in [0.05, 0.1) is 18.2 Å². The van der Waals surface area contributed by atoms with E-state index >= 15 is 0 Å². The minimum Gasteiger partial charge on any atom is -0.478 e. The van der Waals surface area contributed by atoms with Crippen LogP contribution in [0, 0.1) is 0 Å². The van der Waals surface area contributed by atoms with E-state index in [1.165, 1.54) is 60.7 Å². The van der Waals surface area contributed by atoms with Crippen molar-refractivity contribution in [2.75, 3.05) is 19.0 Å². The predicted molar refractivity (Wildman–Crippen MR) is 234 cm³/mol. The Labute approximate surface area is 367 Å². The Morgan fingerprint density at radius 1 is 0.906 bits per heavy atom. The van der Waals surface area contributed by atoms with Gasteiger partial charge in [0.15, 0.2) is 0 Å². The SMILES string of the molecule is CCCC[C@H](NC(=O)[C@H](CC/C=C/C(=O)OC)NC(=O)c1ccccc1C(=O)O)C(=O)Nc1cccn(CC(=O)N[C@@H](Cc2c[nH]c3ccccc23)C(=O)N2CCC[C@H]2C(N)=O)c1=O. The number of benzene rings is 2. The summed E-state index contributed by atoms with van der Waals surface area (Å²) in [6, 6.07) is 11.2. The molecule has 3 heterocycles. The Morgan fingerprint density at radius 3 is 2.34 bits per heavy atom. The van der Waals surface area contributed by atoms with Crippen LogP contribution in [0.1, 0.15) is 78.1 Å². The van der Waals surface area contributed by atoms with Crippen LogP contribution in [-0.2, 0) is 46.5 Å². The number of nitrogens with two attached hydrogens (primary N) is 1. The summed E-state index contributed by atoms with van der Waals surface area (Å²) in [6.45, 7) is 1.60. The average molecular weight is 881 g/mol. The molecule has 1 aliphatic rings. The van der Waals surface area contributed by atoms with Crippen LogP contribution in [0.4, 0.5) is 5.69 Å². The van der Waals surface area contributed by atoms with Crippen LogP contribution >= 0.6 is 0 Å². The maximum absolute atomic E-state index is 14.0. The number of aromatic nitrogens is 2. The summed E-state index contributed by atoms with van der Waals surface area (Å²) in [4.78, 5) is 122. The number of primary amides is 1. The van der Waals surface area contributed by atoms with Crippen molar-refractivity contribution < 1.29 is 48.2 Å². The molecular formula is C45H52N8O11. The molecule has 5 rings (SSSR count). The van der Waals surface area contributed by atoms with Gasteiger partial charge in [0.2, 0.25) is 29.5 Å².